The second kappa shape index (κ2) is 4.17. The van der Waals surface area contributed by atoms with E-state index in [2.05, 4.69) is 10.3 Å². The van der Waals surface area contributed by atoms with E-state index in [1.807, 2.05) is 0 Å². The Morgan fingerprint density at radius 3 is 2.75 bits per heavy atom. The summed E-state index contributed by atoms with van der Waals surface area (Å²) in [4.78, 5) is 14.7. The van der Waals surface area contributed by atoms with E-state index in [9.17, 15) is 9.90 Å². The molecule has 1 heterocycles. The molecule has 0 bridgehead atoms. The molecule has 1 fully saturated rings. The number of nitrogens with zero attached hydrogens (tertiary/aromatic N) is 1. The van der Waals surface area contributed by atoms with Crippen LogP contribution in [0.1, 0.15) is 29.6 Å². The number of hydrogen-bond acceptors (Lipinski definition) is 4. The smallest absolute Gasteiger partial charge is 0.339 e. The van der Waals surface area contributed by atoms with E-state index in [-0.39, 0.29) is 28.3 Å². The van der Waals surface area contributed by atoms with E-state index in [1.165, 1.54) is 6.07 Å². The Morgan fingerprint density at radius 1 is 1.56 bits per heavy atom. The number of carboxylic acid groups (broad SMARTS) is 1. The molecule has 1 aromatic heterocycles. The van der Waals surface area contributed by atoms with Gasteiger partial charge in [-0.05, 0) is 25.3 Å². The minimum Gasteiger partial charge on any atom is -0.492 e. The van der Waals surface area contributed by atoms with Crippen LogP contribution in [0.2, 0.25) is 5.02 Å². The maximum Gasteiger partial charge on any atom is 0.339 e. The lowest BCUT2D eigenvalue weighted by Gasteiger charge is -2.27. The van der Waals surface area contributed by atoms with E-state index in [0.717, 1.165) is 19.3 Å². The molecule has 0 unspecified atom stereocenters. The molecule has 5 nitrogen and oxygen atoms in total. The molecular weight excluding hydrogens is 232 g/mol. The van der Waals surface area contributed by atoms with Gasteiger partial charge in [0.2, 0.25) is 5.88 Å². The quantitative estimate of drug-likeness (QED) is 0.756. The SMILES string of the molecule is O=C(O)c1cc(Cl)c(O)nc1NC1CCC1. The van der Waals surface area contributed by atoms with Gasteiger partial charge in [-0.1, -0.05) is 11.6 Å². The third-order valence-electron chi connectivity index (χ3n) is 2.63. The van der Waals surface area contributed by atoms with Crippen molar-refractivity contribution in [2.45, 2.75) is 25.3 Å². The minimum atomic E-state index is -1.11. The lowest BCUT2D eigenvalue weighted by Crippen LogP contribution is -2.28. The maximum atomic E-state index is 11.0. The fourth-order valence-electron chi connectivity index (χ4n) is 1.50. The molecule has 0 aromatic carbocycles. The zero-order valence-corrected chi connectivity index (χ0v) is 9.16. The van der Waals surface area contributed by atoms with Crippen molar-refractivity contribution in [3.8, 4) is 5.88 Å². The van der Waals surface area contributed by atoms with E-state index < -0.39 is 5.97 Å². The van der Waals surface area contributed by atoms with Gasteiger partial charge in [0.05, 0.1) is 0 Å². The number of carboxylic acids is 1. The Balaban J connectivity index is 2.32. The molecule has 0 saturated heterocycles. The number of halogens is 1. The zero-order chi connectivity index (χ0) is 11.7. The first-order valence-electron chi connectivity index (χ1n) is 4.97. The summed E-state index contributed by atoms with van der Waals surface area (Å²) < 4.78 is 0. The first kappa shape index (κ1) is 11.0. The predicted octanol–water partition coefficient (Wildman–Crippen LogP) is 2.10. The fraction of sp³-hybridized carbons (Fsp3) is 0.400. The number of aromatic nitrogens is 1. The highest BCUT2D eigenvalue weighted by atomic mass is 35.5. The van der Waals surface area contributed by atoms with Crippen LogP contribution in [0.4, 0.5) is 5.82 Å². The first-order valence-corrected chi connectivity index (χ1v) is 5.35. The van der Waals surface area contributed by atoms with E-state index in [4.69, 9.17) is 16.7 Å². The molecule has 86 valence electrons. The number of aromatic hydroxyl groups is 1. The Labute approximate surface area is 97.1 Å². The average molecular weight is 243 g/mol. The molecule has 3 N–H and O–H groups in total. The summed E-state index contributed by atoms with van der Waals surface area (Å²) in [6.07, 6.45) is 3.11. The van der Waals surface area contributed by atoms with Gasteiger partial charge in [0.1, 0.15) is 16.4 Å². The second-order valence-corrected chi connectivity index (χ2v) is 4.17. The summed E-state index contributed by atoms with van der Waals surface area (Å²) in [7, 11) is 0. The van der Waals surface area contributed by atoms with Crippen molar-refractivity contribution >= 4 is 23.4 Å². The third-order valence-corrected chi connectivity index (χ3v) is 2.91. The number of hydrogen-bond donors (Lipinski definition) is 3. The van der Waals surface area contributed by atoms with Crippen molar-refractivity contribution in [2.75, 3.05) is 5.32 Å². The Kier molecular flexibility index (Phi) is 2.87. The van der Waals surface area contributed by atoms with Gasteiger partial charge < -0.3 is 15.5 Å². The minimum absolute atomic E-state index is 0.0188. The van der Waals surface area contributed by atoms with Crippen LogP contribution >= 0.6 is 11.6 Å². The highest BCUT2D eigenvalue weighted by molar-refractivity contribution is 6.32. The van der Waals surface area contributed by atoms with Crippen molar-refractivity contribution in [3.63, 3.8) is 0 Å². The number of rotatable bonds is 3. The fourth-order valence-corrected chi connectivity index (χ4v) is 1.65. The molecule has 0 atom stereocenters. The molecule has 1 aromatic rings. The Hall–Kier alpha value is -1.49. The summed E-state index contributed by atoms with van der Waals surface area (Å²) in [6, 6.07) is 1.44. The molecule has 6 heteroatoms. The molecule has 1 saturated carbocycles. The van der Waals surface area contributed by atoms with Crippen LogP contribution in [0.15, 0.2) is 6.07 Å². The monoisotopic (exact) mass is 242 g/mol. The van der Waals surface area contributed by atoms with Gasteiger partial charge in [-0.3, -0.25) is 0 Å². The van der Waals surface area contributed by atoms with Gasteiger partial charge in [-0.2, -0.15) is 4.98 Å². The third kappa shape index (κ3) is 2.04. The van der Waals surface area contributed by atoms with Gasteiger partial charge in [0.15, 0.2) is 0 Å². The largest absolute Gasteiger partial charge is 0.492 e. The van der Waals surface area contributed by atoms with Crippen molar-refractivity contribution in [2.24, 2.45) is 0 Å². The maximum absolute atomic E-state index is 11.0. The highest BCUT2D eigenvalue weighted by Gasteiger charge is 2.22. The van der Waals surface area contributed by atoms with Crippen LogP contribution in [-0.2, 0) is 0 Å². The van der Waals surface area contributed by atoms with Gasteiger partial charge in [-0.15, -0.1) is 0 Å². The van der Waals surface area contributed by atoms with Crippen LogP contribution < -0.4 is 5.32 Å². The van der Waals surface area contributed by atoms with Gasteiger partial charge in [-0.25, -0.2) is 4.79 Å². The summed E-state index contributed by atoms with van der Waals surface area (Å²) >= 11 is 5.61. The summed E-state index contributed by atoms with van der Waals surface area (Å²) in [5.41, 5.74) is -0.0188. The molecule has 0 aliphatic heterocycles. The van der Waals surface area contributed by atoms with E-state index in [1.54, 1.807) is 0 Å². The van der Waals surface area contributed by atoms with E-state index in [0.29, 0.717) is 0 Å². The number of pyridine rings is 1. The highest BCUT2D eigenvalue weighted by Crippen LogP contribution is 2.29. The van der Waals surface area contributed by atoms with Crippen LogP contribution in [0.25, 0.3) is 0 Å². The molecule has 2 rings (SSSR count). The van der Waals surface area contributed by atoms with Crippen LogP contribution in [0, 0.1) is 0 Å². The zero-order valence-electron chi connectivity index (χ0n) is 8.40. The molecular formula is C10H11ClN2O3. The van der Waals surface area contributed by atoms with Crippen molar-refractivity contribution < 1.29 is 15.0 Å². The van der Waals surface area contributed by atoms with E-state index >= 15 is 0 Å². The van der Waals surface area contributed by atoms with Crippen molar-refractivity contribution in [3.05, 3.63) is 16.7 Å². The molecule has 1 aliphatic carbocycles. The predicted molar refractivity (Wildman–Crippen MR) is 59.1 cm³/mol. The molecule has 16 heavy (non-hydrogen) atoms. The average Bonchev–Trinajstić information content (AvgIpc) is 2.16. The normalized spacial score (nSPS) is 15.6. The topological polar surface area (TPSA) is 82.5 Å². The van der Waals surface area contributed by atoms with Crippen LogP contribution in [-0.4, -0.2) is 27.2 Å². The number of aromatic carboxylic acids is 1. The standard InChI is InChI=1S/C10H11ClN2O3/c11-7-4-6(10(15)16)8(13-9(7)14)12-5-2-1-3-5/h4-5H,1-3H2,(H,15,16)(H2,12,13,14). The Bertz CT molecular complexity index is 432. The summed E-state index contributed by atoms with van der Waals surface area (Å²) in [5, 5.41) is 21.2. The lowest BCUT2D eigenvalue weighted by molar-refractivity contribution is 0.0697. The van der Waals surface area contributed by atoms with Crippen LogP contribution in [0.3, 0.4) is 0 Å². The first-order chi connectivity index (χ1) is 7.58. The summed E-state index contributed by atoms with van der Waals surface area (Å²) in [6.45, 7) is 0. The van der Waals surface area contributed by atoms with Crippen LogP contribution in [0.5, 0.6) is 5.88 Å². The molecule has 1 aliphatic rings. The second-order valence-electron chi connectivity index (χ2n) is 3.77. The molecule has 0 spiro atoms. The van der Waals surface area contributed by atoms with Crippen molar-refractivity contribution in [1.82, 2.24) is 4.98 Å². The number of anilines is 1. The van der Waals surface area contributed by atoms with Crippen molar-refractivity contribution in [1.29, 1.82) is 0 Å². The van der Waals surface area contributed by atoms with Gasteiger partial charge in [0, 0.05) is 6.04 Å². The summed E-state index contributed by atoms with van der Waals surface area (Å²) in [5.74, 6) is -1.29. The number of nitrogens with one attached hydrogen (secondary N) is 1. The number of carbonyl (C=O) groups is 1. The Morgan fingerprint density at radius 2 is 2.25 bits per heavy atom. The lowest BCUT2D eigenvalue weighted by atomic mass is 9.93. The van der Waals surface area contributed by atoms with Gasteiger partial charge >= 0.3 is 5.97 Å². The molecule has 0 radical (unpaired) electrons. The van der Waals surface area contributed by atoms with Gasteiger partial charge in [0.25, 0.3) is 0 Å². The molecule has 0 amide bonds.